The van der Waals surface area contributed by atoms with E-state index in [1.807, 2.05) is 12.1 Å². The first kappa shape index (κ1) is 23.7. The fourth-order valence-electron chi connectivity index (χ4n) is 3.33. The minimum Gasteiger partial charge on any atom is -0.490 e. The maximum absolute atomic E-state index is 10.8. The lowest BCUT2D eigenvalue weighted by molar-refractivity contribution is 0.111. The van der Waals surface area contributed by atoms with Crippen molar-refractivity contribution in [2.24, 2.45) is 0 Å². The normalized spacial score (nSPS) is 11.6. The molecule has 0 heterocycles. The Morgan fingerprint density at radius 3 is 1.73 bits per heavy atom. The highest BCUT2D eigenvalue weighted by molar-refractivity contribution is 5.75. The molecule has 1 atom stereocenters. The Hall–Kier alpha value is -2.62. The van der Waals surface area contributed by atoms with E-state index < -0.39 is 0 Å². The number of rotatable bonds is 16. The van der Waals surface area contributed by atoms with Gasteiger partial charge in [0.25, 0.3) is 0 Å². The summed E-state index contributed by atoms with van der Waals surface area (Å²) < 4.78 is 12.1. The molecule has 0 aromatic heterocycles. The van der Waals surface area contributed by atoms with Crippen molar-refractivity contribution >= 4 is 12.6 Å². The summed E-state index contributed by atoms with van der Waals surface area (Å²) in [7, 11) is 0. The van der Waals surface area contributed by atoms with Crippen molar-refractivity contribution in [2.45, 2.75) is 70.8 Å². The molecule has 0 radical (unpaired) electrons. The van der Waals surface area contributed by atoms with Crippen molar-refractivity contribution in [1.29, 1.82) is 0 Å². The second-order valence-electron chi connectivity index (χ2n) is 7.69. The van der Waals surface area contributed by atoms with Gasteiger partial charge in [-0.2, -0.15) is 0 Å². The molecule has 0 saturated heterocycles. The van der Waals surface area contributed by atoms with E-state index in [1.165, 1.54) is 44.9 Å². The molecule has 0 aliphatic carbocycles. The van der Waals surface area contributed by atoms with Gasteiger partial charge in [0.05, 0.1) is 0 Å². The standard InChI is InChI=1S/C26H34O4/c1-2-3-4-5-6-7-8-9-10-26(30-25-17-13-23(20-28)14-18-25)21-29-24-15-11-22(19-27)12-16-24/h11-20,26H,2-10,21H2,1H3. The van der Waals surface area contributed by atoms with Gasteiger partial charge in [-0.3, -0.25) is 9.59 Å². The third-order valence-corrected chi connectivity index (χ3v) is 5.15. The number of aldehydes is 2. The maximum atomic E-state index is 10.8. The predicted octanol–water partition coefficient (Wildman–Crippen LogP) is 6.67. The van der Waals surface area contributed by atoms with Crippen LogP contribution in [0.3, 0.4) is 0 Å². The molecular weight excluding hydrogens is 376 g/mol. The molecule has 2 rings (SSSR count). The van der Waals surface area contributed by atoms with Gasteiger partial charge in [0.15, 0.2) is 0 Å². The molecule has 30 heavy (non-hydrogen) atoms. The number of ether oxygens (including phenoxy) is 2. The van der Waals surface area contributed by atoms with E-state index in [0.717, 1.165) is 36.9 Å². The van der Waals surface area contributed by atoms with Crippen molar-refractivity contribution in [1.82, 2.24) is 0 Å². The highest BCUT2D eigenvalue weighted by Crippen LogP contribution is 2.19. The fraction of sp³-hybridized carbons (Fsp3) is 0.462. The molecule has 2 aromatic carbocycles. The summed E-state index contributed by atoms with van der Waals surface area (Å²) in [6.45, 7) is 2.68. The van der Waals surface area contributed by atoms with Gasteiger partial charge in [-0.05, 0) is 61.4 Å². The molecule has 0 N–H and O–H groups in total. The van der Waals surface area contributed by atoms with Crippen LogP contribution in [0.2, 0.25) is 0 Å². The van der Waals surface area contributed by atoms with Gasteiger partial charge in [-0.25, -0.2) is 0 Å². The molecule has 4 heteroatoms. The van der Waals surface area contributed by atoms with Crippen LogP contribution in [0.5, 0.6) is 11.5 Å². The largest absolute Gasteiger partial charge is 0.490 e. The second kappa shape index (κ2) is 14.4. The number of hydrogen-bond donors (Lipinski definition) is 0. The van der Waals surface area contributed by atoms with Gasteiger partial charge < -0.3 is 9.47 Å². The zero-order chi connectivity index (χ0) is 21.4. The summed E-state index contributed by atoms with van der Waals surface area (Å²) >= 11 is 0. The molecule has 0 bridgehead atoms. The van der Waals surface area contributed by atoms with Crippen molar-refractivity contribution in [3.05, 3.63) is 59.7 Å². The summed E-state index contributed by atoms with van der Waals surface area (Å²) in [5.74, 6) is 1.46. The molecule has 0 aliphatic rings. The van der Waals surface area contributed by atoms with E-state index in [4.69, 9.17) is 9.47 Å². The van der Waals surface area contributed by atoms with E-state index >= 15 is 0 Å². The number of carbonyl (C=O) groups is 2. The Morgan fingerprint density at radius 2 is 1.20 bits per heavy atom. The minimum absolute atomic E-state index is 0.0714. The first-order valence-electron chi connectivity index (χ1n) is 11.1. The highest BCUT2D eigenvalue weighted by Gasteiger charge is 2.12. The highest BCUT2D eigenvalue weighted by atomic mass is 16.5. The quantitative estimate of drug-likeness (QED) is 0.229. The molecule has 0 saturated carbocycles. The fourth-order valence-corrected chi connectivity index (χ4v) is 3.33. The monoisotopic (exact) mass is 410 g/mol. The smallest absolute Gasteiger partial charge is 0.150 e. The van der Waals surface area contributed by atoms with E-state index in [0.29, 0.717) is 17.7 Å². The lowest BCUT2D eigenvalue weighted by Crippen LogP contribution is -2.25. The van der Waals surface area contributed by atoms with Crippen molar-refractivity contribution in [3.63, 3.8) is 0 Å². The summed E-state index contributed by atoms with van der Waals surface area (Å²) in [5, 5.41) is 0. The van der Waals surface area contributed by atoms with E-state index in [1.54, 1.807) is 36.4 Å². The van der Waals surface area contributed by atoms with Gasteiger partial charge in [0.1, 0.15) is 36.8 Å². The van der Waals surface area contributed by atoms with Crippen LogP contribution in [-0.4, -0.2) is 25.3 Å². The van der Waals surface area contributed by atoms with Gasteiger partial charge in [0.2, 0.25) is 0 Å². The van der Waals surface area contributed by atoms with E-state index in [9.17, 15) is 9.59 Å². The molecule has 4 nitrogen and oxygen atoms in total. The number of carbonyl (C=O) groups excluding carboxylic acids is 2. The van der Waals surface area contributed by atoms with E-state index in [2.05, 4.69) is 6.92 Å². The molecule has 162 valence electrons. The third kappa shape index (κ3) is 9.25. The van der Waals surface area contributed by atoms with Crippen LogP contribution in [0, 0.1) is 0 Å². The third-order valence-electron chi connectivity index (χ3n) is 5.15. The molecule has 0 aliphatic heterocycles. The lowest BCUT2D eigenvalue weighted by atomic mass is 10.1. The summed E-state index contributed by atoms with van der Waals surface area (Å²) in [4.78, 5) is 21.6. The molecule has 1 unspecified atom stereocenters. The Bertz CT molecular complexity index is 722. The average molecular weight is 411 g/mol. The van der Waals surface area contributed by atoms with Crippen LogP contribution in [0.25, 0.3) is 0 Å². The van der Waals surface area contributed by atoms with Gasteiger partial charge in [0, 0.05) is 11.1 Å². The van der Waals surface area contributed by atoms with Crippen molar-refractivity contribution < 1.29 is 19.1 Å². The zero-order valence-corrected chi connectivity index (χ0v) is 18.1. The minimum atomic E-state index is -0.0714. The summed E-state index contributed by atoms with van der Waals surface area (Å²) in [5.41, 5.74) is 1.26. The Balaban J connectivity index is 1.83. The number of unbranched alkanes of at least 4 members (excludes halogenated alkanes) is 7. The molecule has 0 spiro atoms. The van der Waals surface area contributed by atoms with Crippen LogP contribution < -0.4 is 9.47 Å². The average Bonchev–Trinajstić information content (AvgIpc) is 2.79. The Morgan fingerprint density at radius 1 is 0.700 bits per heavy atom. The van der Waals surface area contributed by atoms with Gasteiger partial charge in [-0.1, -0.05) is 51.9 Å². The second-order valence-corrected chi connectivity index (χ2v) is 7.69. The Labute approximate surface area is 180 Å². The SMILES string of the molecule is CCCCCCCCCCC(COc1ccc(C=O)cc1)Oc1ccc(C=O)cc1. The van der Waals surface area contributed by atoms with Gasteiger partial charge >= 0.3 is 0 Å². The van der Waals surface area contributed by atoms with Crippen molar-refractivity contribution in [2.75, 3.05) is 6.61 Å². The van der Waals surface area contributed by atoms with Crippen molar-refractivity contribution in [3.8, 4) is 11.5 Å². The van der Waals surface area contributed by atoms with Crippen LogP contribution in [-0.2, 0) is 0 Å². The van der Waals surface area contributed by atoms with Crippen LogP contribution in [0.15, 0.2) is 48.5 Å². The topological polar surface area (TPSA) is 52.6 Å². The molecule has 0 fully saturated rings. The Kier molecular flexibility index (Phi) is 11.3. The number of hydrogen-bond acceptors (Lipinski definition) is 4. The predicted molar refractivity (Wildman–Crippen MR) is 121 cm³/mol. The molecule has 0 amide bonds. The number of benzene rings is 2. The van der Waals surface area contributed by atoms with Gasteiger partial charge in [-0.15, -0.1) is 0 Å². The summed E-state index contributed by atoms with van der Waals surface area (Å²) in [6, 6.07) is 14.3. The zero-order valence-electron chi connectivity index (χ0n) is 18.1. The molecule has 2 aromatic rings. The summed E-state index contributed by atoms with van der Waals surface area (Å²) in [6.07, 6.45) is 12.6. The van der Waals surface area contributed by atoms with E-state index in [-0.39, 0.29) is 6.10 Å². The first-order chi connectivity index (χ1) is 14.7. The molecular formula is C26H34O4. The van der Waals surface area contributed by atoms with Crippen LogP contribution in [0.1, 0.15) is 85.4 Å². The van der Waals surface area contributed by atoms with Crippen LogP contribution >= 0.6 is 0 Å². The maximum Gasteiger partial charge on any atom is 0.150 e. The van der Waals surface area contributed by atoms with Crippen LogP contribution in [0.4, 0.5) is 0 Å². The lowest BCUT2D eigenvalue weighted by Gasteiger charge is -2.20. The first-order valence-corrected chi connectivity index (χ1v) is 11.1.